The molecule has 6 heteroatoms. The van der Waals surface area contributed by atoms with Crippen molar-refractivity contribution in [2.24, 2.45) is 4.99 Å². The van der Waals surface area contributed by atoms with Gasteiger partial charge in [-0.3, -0.25) is 9.69 Å². The zero-order valence-electron chi connectivity index (χ0n) is 21.0. The fourth-order valence-corrected chi connectivity index (χ4v) is 6.30. The van der Waals surface area contributed by atoms with E-state index in [1.165, 1.54) is 23.0 Å². The average molecular weight is 478 g/mol. The van der Waals surface area contributed by atoms with Crippen LogP contribution in [0.2, 0.25) is 0 Å². The molecule has 1 amide bonds. The van der Waals surface area contributed by atoms with E-state index in [1.807, 2.05) is 36.4 Å². The molecule has 2 aromatic rings. The number of hydrogen-bond acceptors (Lipinski definition) is 5. The minimum absolute atomic E-state index is 0.0209. The number of ether oxygens (including phenoxy) is 1. The number of rotatable bonds is 6. The molecule has 1 unspecified atom stereocenters. The van der Waals surface area contributed by atoms with Gasteiger partial charge >= 0.3 is 0 Å². The first-order chi connectivity index (χ1) is 16.2. The molecule has 0 aromatic heterocycles. The van der Waals surface area contributed by atoms with Crippen LogP contribution < -0.4 is 4.90 Å². The molecule has 180 valence electrons. The Balaban J connectivity index is 1.68. The minimum Gasteiger partial charge on any atom is -0.383 e. The highest BCUT2D eigenvalue weighted by molar-refractivity contribution is 8.18. The predicted octanol–water partition coefficient (Wildman–Crippen LogP) is 6.44. The monoisotopic (exact) mass is 477 g/mol. The summed E-state index contributed by atoms with van der Waals surface area (Å²) in [6, 6.07) is 16.8. The van der Waals surface area contributed by atoms with E-state index in [0.717, 1.165) is 17.7 Å². The number of amides is 1. The second-order valence-corrected chi connectivity index (χ2v) is 11.0. The number of methoxy groups -OCH3 is 1. The molecule has 0 radical (unpaired) electrons. The molecule has 4 rings (SSSR count). The third-order valence-electron chi connectivity index (χ3n) is 6.50. The van der Waals surface area contributed by atoms with Gasteiger partial charge in [0.05, 0.1) is 23.7 Å². The molecule has 2 aromatic carbocycles. The van der Waals surface area contributed by atoms with Crippen LogP contribution in [0, 0.1) is 0 Å². The largest absolute Gasteiger partial charge is 0.383 e. The van der Waals surface area contributed by atoms with E-state index in [0.29, 0.717) is 35.2 Å². The molecule has 1 saturated heterocycles. The van der Waals surface area contributed by atoms with Gasteiger partial charge in [-0.05, 0) is 93.3 Å². The summed E-state index contributed by atoms with van der Waals surface area (Å²) in [4.78, 5) is 23.0. The third-order valence-corrected chi connectivity index (χ3v) is 7.51. The predicted molar refractivity (Wildman–Crippen MR) is 144 cm³/mol. The molecule has 0 spiro atoms. The van der Waals surface area contributed by atoms with Crippen molar-refractivity contribution in [1.29, 1.82) is 0 Å². The lowest BCUT2D eigenvalue weighted by molar-refractivity contribution is -0.122. The fraction of sp³-hybridized carbons (Fsp3) is 0.429. The lowest BCUT2D eigenvalue weighted by Crippen LogP contribution is -2.51. The maximum absolute atomic E-state index is 13.3. The van der Waals surface area contributed by atoms with Crippen LogP contribution in [-0.4, -0.2) is 47.8 Å². The average Bonchev–Trinajstić information content (AvgIpc) is 3.06. The molecule has 1 fully saturated rings. The van der Waals surface area contributed by atoms with Gasteiger partial charge in [0.2, 0.25) is 0 Å². The van der Waals surface area contributed by atoms with Crippen LogP contribution in [0.25, 0.3) is 6.08 Å². The number of hydrogen-bond donors (Lipinski definition) is 0. The molecule has 0 saturated carbocycles. The van der Waals surface area contributed by atoms with Crippen molar-refractivity contribution in [3.05, 3.63) is 64.6 Å². The van der Waals surface area contributed by atoms with Crippen molar-refractivity contribution in [1.82, 2.24) is 4.90 Å². The van der Waals surface area contributed by atoms with E-state index in [2.05, 4.69) is 57.7 Å². The highest BCUT2D eigenvalue weighted by Crippen LogP contribution is 2.45. The Bertz CT molecular complexity index is 1110. The fourth-order valence-electron chi connectivity index (χ4n) is 5.27. The van der Waals surface area contributed by atoms with E-state index in [9.17, 15) is 4.79 Å². The number of thioether (sulfide) groups is 1. The van der Waals surface area contributed by atoms with Gasteiger partial charge in [0, 0.05) is 24.4 Å². The molecule has 5 nitrogen and oxygen atoms in total. The summed E-state index contributed by atoms with van der Waals surface area (Å²) in [6.45, 7) is 12.4. The maximum atomic E-state index is 13.3. The number of para-hydroxylation sites is 1. The van der Waals surface area contributed by atoms with E-state index in [-0.39, 0.29) is 11.4 Å². The Morgan fingerprint density at radius 3 is 2.62 bits per heavy atom. The number of benzene rings is 2. The van der Waals surface area contributed by atoms with Crippen molar-refractivity contribution in [2.75, 3.05) is 25.2 Å². The molecule has 0 aliphatic carbocycles. The number of carbonyl (C=O) groups is 1. The number of amidine groups is 1. The molecule has 1 atom stereocenters. The Labute approximate surface area is 207 Å². The van der Waals surface area contributed by atoms with Crippen LogP contribution in [-0.2, 0) is 9.53 Å². The minimum atomic E-state index is -0.0209. The standard InChI is InChI=1S/C28H35N3O2S/c1-19(2)31-24-13-12-21(16-23(24)20(3)18-28(31,4)5)17-25-26(32)30(14-15-33-6)27(34-25)29-22-10-8-7-9-11-22/h7-13,16-17,19-20H,14-15,18H2,1-6H3/b25-17-,29-27?. The Hall–Kier alpha value is -2.57. The lowest BCUT2D eigenvalue weighted by Gasteiger charge is -2.50. The molecular formula is C28H35N3O2S. The van der Waals surface area contributed by atoms with Crippen LogP contribution in [0.15, 0.2) is 58.4 Å². The summed E-state index contributed by atoms with van der Waals surface area (Å²) in [7, 11) is 1.65. The van der Waals surface area contributed by atoms with Crippen molar-refractivity contribution in [3.63, 3.8) is 0 Å². The molecule has 2 aliphatic rings. The topological polar surface area (TPSA) is 45.1 Å². The Morgan fingerprint density at radius 2 is 1.94 bits per heavy atom. The Morgan fingerprint density at radius 1 is 1.21 bits per heavy atom. The van der Waals surface area contributed by atoms with Gasteiger partial charge < -0.3 is 9.64 Å². The second kappa shape index (κ2) is 9.96. The first-order valence-electron chi connectivity index (χ1n) is 12.0. The summed E-state index contributed by atoms with van der Waals surface area (Å²) in [6.07, 6.45) is 3.11. The number of nitrogens with zero attached hydrogens (tertiary/aromatic N) is 3. The summed E-state index contributed by atoms with van der Waals surface area (Å²) in [5, 5.41) is 0.693. The molecule has 34 heavy (non-hydrogen) atoms. The summed E-state index contributed by atoms with van der Waals surface area (Å²) < 4.78 is 5.24. The lowest BCUT2D eigenvalue weighted by atomic mass is 9.79. The van der Waals surface area contributed by atoms with Gasteiger partial charge in [0.15, 0.2) is 5.17 Å². The van der Waals surface area contributed by atoms with Crippen LogP contribution >= 0.6 is 11.8 Å². The molecular weight excluding hydrogens is 442 g/mol. The zero-order valence-corrected chi connectivity index (χ0v) is 21.9. The number of aliphatic imine (C=N–C) groups is 1. The molecule has 0 N–H and O–H groups in total. The van der Waals surface area contributed by atoms with Gasteiger partial charge in [0.1, 0.15) is 0 Å². The Kier molecular flexibility index (Phi) is 7.20. The van der Waals surface area contributed by atoms with E-state index >= 15 is 0 Å². The van der Waals surface area contributed by atoms with Gasteiger partial charge in [-0.2, -0.15) is 0 Å². The second-order valence-electron chi connectivity index (χ2n) is 9.99. The summed E-state index contributed by atoms with van der Waals surface area (Å²) in [5.41, 5.74) is 4.66. The molecule has 2 aliphatic heterocycles. The maximum Gasteiger partial charge on any atom is 0.266 e. The highest BCUT2D eigenvalue weighted by atomic mass is 32.2. The first kappa shape index (κ1) is 24.6. The van der Waals surface area contributed by atoms with Crippen molar-refractivity contribution in [2.45, 2.75) is 58.5 Å². The van der Waals surface area contributed by atoms with Crippen molar-refractivity contribution >= 4 is 40.3 Å². The summed E-state index contributed by atoms with van der Waals surface area (Å²) >= 11 is 1.43. The van der Waals surface area contributed by atoms with Crippen LogP contribution in [0.1, 0.15) is 58.1 Å². The highest BCUT2D eigenvalue weighted by Gasteiger charge is 2.38. The zero-order chi connectivity index (χ0) is 24.5. The summed E-state index contributed by atoms with van der Waals surface area (Å²) in [5.74, 6) is 0.436. The van der Waals surface area contributed by atoms with Crippen LogP contribution in [0.5, 0.6) is 0 Å². The van der Waals surface area contributed by atoms with E-state index < -0.39 is 0 Å². The van der Waals surface area contributed by atoms with Crippen LogP contribution in [0.3, 0.4) is 0 Å². The number of fused-ring (bicyclic) bond motifs is 1. The smallest absolute Gasteiger partial charge is 0.266 e. The van der Waals surface area contributed by atoms with Gasteiger partial charge in [-0.15, -0.1) is 0 Å². The number of anilines is 1. The normalized spacial score (nSPS) is 22.2. The van der Waals surface area contributed by atoms with Gasteiger partial charge in [0.25, 0.3) is 5.91 Å². The van der Waals surface area contributed by atoms with Crippen LogP contribution in [0.4, 0.5) is 11.4 Å². The SMILES string of the molecule is COCCN1C(=O)/C(=C/c2ccc3c(c2)C(C)CC(C)(C)N3C(C)C)SC1=Nc1ccccc1. The van der Waals surface area contributed by atoms with Crippen molar-refractivity contribution in [3.8, 4) is 0 Å². The van der Waals surface area contributed by atoms with E-state index in [1.54, 1.807) is 12.0 Å². The van der Waals surface area contributed by atoms with Gasteiger partial charge in [-0.1, -0.05) is 31.2 Å². The number of carbonyl (C=O) groups excluding carboxylic acids is 1. The first-order valence-corrected chi connectivity index (χ1v) is 12.8. The quantitative estimate of drug-likeness (QED) is 0.449. The molecule has 2 heterocycles. The van der Waals surface area contributed by atoms with Crippen molar-refractivity contribution < 1.29 is 9.53 Å². The third kappa shape index (κ3) is 4.93. The van der Waals surface area contributed by atoms with Gasteiger partial charge in [-0.25, -0.2) is 4.99 Å². The molecule has 0 bridgehead atoms. The van der Waals surface area contributed by atoms with E-state index in [4.69, 9.17) is 9.73 Å².